The first-order valence-electron chi connectivity index (χ1n) is 9.20. The van der Waals surface area contributed by atoms with Crippen molar-refractivity contribution in [1.82, 2.24) is 5.32 Å². The Balaban J connectivity index is 1.74. The summed E-state index contributed by atoms with van der Waals surface area (Å²) in [6.07, 6.45) is 0. The lowest BCUT2D eigenvalue weighted by Crippen LogP contribution is -2.28. The van der Waals surface area contributed by atoms with Gasteiger partial charge in [0.1, 0.15) is 4.21 Å². The number of carbonyl (C=O) groups is 1. The van der Waals surface area contributed by atoms with Crippen molar-refractivity contribution in [3.63, 3.8) is 0 Å². The highest BCUT2D eigenvalue weighted by molar-refractivity contribution is 7.94. The fourth-order valence-electron chi connectivity index (χ4n) is 3.09. The number of thiophene rings is 1. The molecule has 0 aliphatic rings. The van der Waals surface area contributed by atoms with E-state index in [4.69, 9.17) is 0 Å². The zero-order valence-corrected chi connectivity index (χ0v) is 18.5. The molecule has 0 aliphatic heterocycles. The first kappa shape index (κ1) is 21.1. The standard InChI is InChI=1S/C22H24N2O3S2/c1-15-7-8-16(2)20(14-15)17(3)23-22(25)18-9-11-19(12-10-18)24(4)29(26,27)21-6-5-13-28-21/h5-14,17H,1-4H3,(H,23,25)/t17-/m1/s1. The van der Waals surface area contributed by atoms with E-state index in [9.17, 15) is 13.2 Å². The van der Waals surface area contributed by atoms with Gasteiger partial charge in [-0.15, -0.1) is 11.3 Å². The quantitative estimate of drug-likeness (QED) is 0.620. The van der Waals surface area contributed by atoms with Crippen molar-refractivity contribution < 1.29 is 13.2 Å². The molecule has 1 amide bonds. The van der Waals surface area contributed by atoms with E-state index < -0.39 is 10.0 Å². The topological polar surface area (TPSA) is 66.5 Å². The van der Waals surface area contributed by atoms with Crippen molar-refractivity contribution >= 4 is 33.0 Å². The van der Waals surface area contributed by atoms with E-state index in [1.54, 1.807) is 41.8 Å². The minimum absolute atomic E-state index is 0.135. The highest BCUT2D eigenvalue weighted by Gasteiger charge is 2.22. The van der Waals surface area contributed by atoms with E-state index in [0.29, 0.717) is 11.3 Å². The van der Waals surface area contributed by atoms with Gasteiger partial charge in [0.25, 0.3) is 15.9 Å². The second-order valence-electron chi connectivity index (χ2n) is 7.01. The number of rotatable bonds is 6. The molecule has 5 nitrogen and oxygen atoms in total. The molecule has 1 atom stereocenters. The normalized spacial score (nSPS) is 12.4. The van der Waals surface area contributed by atoms with Gasteiger partial charge in [0.05, 0.1) is 11.7 Å². The van der Waals surface area contributed by atoms with Gasteiger partial charge >= 0.3 is 0 Å². The van der Waals surface area contributed by atoms with E-state index >= 15 is 0 Å². The summed E-state index contributed by atoms with van der Waals surface area (Å²) in [6, 6.07) is 15.9. The second kappa shape index (κ2) is 8.39. The molecular weight excluding hydrogens is 404 g/mol. The zero-order valence-electron chi connectivity index (χ0n) is 16.8. The van der Waals surface area contributed by atoms with Crippen LogP contribution in [0, 0.1) is 13.8 Å². The van der Waals surface area contributed by atoms with Crippen molar-refractivity contribution in [2.24, 2.45) is 0 Å². The highest BCUT2D eigenvalue weighted by atomic mass is 32.2. The fourth-order valence-corrected chi connectivity index (χ4v) is 5.45. The van der Waals surface area contributed by atoms with Crippen molar-refractivity contribution in [3.8, 4) is 0 Å². The van der Waals surface area contributed by atoms with E-state index in [1.165, 1.54) is 22.7 Å². The third-order valence-electron chi connectivity index (χ3n) is 4.85. The van der Waals surface area contributed by atoms with Crippen LogP contribution >= 0.6 is 11.3 Å². The van der Waals surface area contributed by atoms with E-state index in [1.807, 2.05) is 32.9 Å². The molecule has 7 heteroatoms. The van der Waals surface area contributed by atoms with E-state index in [0.717, 1.165) is 16.7 Å². The molecule has 1 N–H and O–H groups in total. The number of nitrogens with one attached hydrogen (secondary N) is 1. The maximum atomic E-state index is 12.6. The molecule has 1 aromatic heterocycles. The predicted octanol–water partition coefficient (Wildman–Crippen LogP) is 4.68. The smallest absolute Gasteiger partial charge is 0.273 e. The molecule has 0 spiro atoms. The summed E-state index contributed by atoms with van der Waals surface area (Å²) in [4.78, 5) is 12.6. The van der Waals surface area contributed by atoms with Crippen LogP contribution in [0.2, 0.25) is 0 Å². The number of benzene rings is 2. The van der Waals surface area contributed by atoms with Crippen molar-refractivity contribution in [2.45, 2.75) is 31.0 Å². The molecule has 0 aliphatic carbocycles. The maximum absolute atomic E-state index is 12.6. The molecule has 1 heterocycles. The second-order valence-corrected chi connectivity index (χ2v) is 10.2. The summed E-state index contributed by atoms with van der Waals surface area (Å²) in [5.74, 6) is -0.200. The number of hydrogen-bond donors (Lipinski definition) is 1. The lowest BCUT2D eigenvalue weighted by Gasteiger charge is -2.19. The Morgan fingerprint density at radius 2 is 1.76 bits per heavy atom. The summed E-state index contributed by atoms with van der Waals surface area (Å²) >= 11 is 1.17. The van der Waals surface area contributed by atoms with Crippen LogP contribution in [0.4, 0.5) is 5.69 Å². The summed E-state index contributed by atoms with van der Waals surface area (Å²) in [5, 5.41) is 4.74. The third-order valence-corrected chi connectivity index (χ3v) is 8.01. The Hall–Kier alpha value is -2.64. The number of nitrogens with zero attached hydrogens (tertiary/aromatic N) is 1. The van der Waals surface area contributed by atoms with Gasteiger partial charge in [-0.05, 0) is 67.6 Å². The van der Waals surface area contributed by atoms with Gasteiger partial charge in [-0.25, -0.2) is 8.42 Å². The van der Waals surface area contributed by atoms with Crippen molar-refractivity contribution in [3.05, 3.63) is 82.2 Å². The average Bonchev–Trinajstić information content (AvgIpc) is 3.25. The molecule has 152 valence electrons. The van der Waals surface area contributed by atoms with Crippen LogP contribution in [0.15, 0.2) is 64.2 Å². The molecule has 3 aromatic rings. The largest absolute Gasteiger partial charge is 0.346 e. The Morgan fingerprint density at radius 1 is 1.07 bits per heavy atom. The SMILES string of the molecule is Cc1ccc(C)c([C@@H](C)NC(=O)c2ccc(N(C)S(=O)(=O)c3cccs3)cc2)c1. The molecule has 29 heavy (non-hydrogen) atoms. The van der Waals surface area contributed by atoms with Crippen LogP contribution in [0.1, 0.15) is 40.0 Å². The molecule has 0 fully saturated rings. The van der Waals surface area contributed by atoms with Crippen LogP contribution in [-0.2, 0) is 10.0 Å². The molecule has 0 radical (unpaired) electrons. The molecule has 0 saturated carbocycles. The molecule has 0 saturated heterocycles. The van der Waals surface area contributed by atoms with E-state index in [-0.39, 0.29) is 16.2 Å². The monoisotopic (exact) mass is 428 g/mol. The lowest BCUT2D eigenvalue weighted by molar-refractivity contribution is 0.0940. The minimum atomic E-state index is -3.59. The number of aryl methyl sites for hydroxylation is 2. The third kappa shape index (κ3) is 4.52. The van der Waals surface area contributed by atoms with Gasteiger partial charge in [0, 0.05) is 12.6 Å². The first-order chi connectivity index (χ1) is 13.7. The van der Waals surface area contributed by atoms with Gasteiger partial charge in [0.15, 0.2) is 0 Å². The molecule has 0 unspecified atom stereocenters. The number of anilines is 1. The number of amides is 1. The summed E-state index contributed by atoms with van der Waals surface area (Å²) in [5.41, 5.74) is 4.33. The molecule has 2 aromatic carbocycles. The van der Waals surface area contributed by atoms with Crippen molar-refractivity contribution in [1.29, 1.82) is 0 Å². The van der Waals surface area contributed by atoms with Crippen molar-refractivity contribution in [2.75, 3.05) is 11.4 Å². The number of sulfonamides is 1. The Labute approximate surface area is 176 Å². The van der Waals surface area contributed by atoms with Gasteiger partial charge in [-0.2, -0.15) is 0 Å². The Kier molecular flexibility index (Phi) is 6.10. The fraction of sp³-hybridized carbons (Fsp3) is 0.227. The molecule has 3 rings (SSSR count). The van der Waals surface area contributed by atoms with Crippen LogP contribution in [0.5, 0.6) is 0 Å². The lowest BCUT2D eigenvalue weighted by atomic mass is 9.99. The van der Waals surface area contributed by atoms with E-state index in [2.05, 4.69) is 11.4 Å². The Bertz CT molecular complexity index is 1110. The van der Waals surface area contributed by atoms with Gasteiger partial charge in [-0.1, -0.05) is 29.8 Å². The minimum Gasteiger partial charge on any atom is -0.346 e. The van der Waals surface area contributed by atoms with Gasteiger partial charge in [0.2, 0.25) is 0 Å². The van der Waals surface area contributed by atoms with Gasteiger partial charge < -0.3 is 5.32 Å². The number of hydrogen-bond acceptors (Lipinski definition) is 4. The van der Waals surface area contributed by atoms with Gasteiger partial charge in [-0.3, -0.25) is 9.10 Å². The Morgan fingerprint density at radius 3 is 2.38 bits per heavy atom. The molecule has 0 bridgehead atoms. The average molecular weight is 429 g/mol. The molecular formula is C22H24N2O3S2. The maximum Gasteiger partial charge on any atom is 0.273 e. The first-order valence-corrected chi connectivity index (χ1v) is 11.5. The van der Waals surface area contributed by atoms with Crippen LogP contribution in [-0.4, -0.2) is 21.4 Å². The predicted molar refractivity (Wildman–Crippen MR) is 118 cm³/mol. The van der Waals surface area contributed by atoms with Crippen LogP contribution < -0.4 is 9.62 Å². The summed E-state index contributed by atoms with van der Waals surface area (Å²) in [7, 11) is -2.09. The number of carbonyl (C=O) groups excluding carboxylic acids is 1. The zero-order chi connectivity index (χ0) is 21.2. The highest BCUT2D eigenvalue weighted by Crippen LogP contribution is 2.25. The van der Waals surface area contributed by atoms with Crippen LogP contribution in [0.25, 0.3) is 0 Å². The van der Waals surface area contributed by atoms with Crippen LogP contribution in [0.3, 0.4) is 0 Å². The summed E-state index contributed by atoms with van der Waals surface area (Å²) < 4.78 is 26.8. The summed E-state index contributed by atoms with van der Waals surface area (Å²) in [6.45, 7) is 6.00.